The Hall–Kier alpha value is -0.540. The van der Waals surface area contributed by atoms with Crippen LogP contribution in [0.5, 0.6) is 0 Å². The van der Waals surface area contributed by atoms with E-state index < -0.39 is 0 Å². The number of nitrogens with zero attached hydrogens (tertiary/aromatic N) is 2. The number of nitrogens with one attached hydrogen (secondary N) is 1. The molecule has 0 saturated heterocycles. The van der Waals surface area contributed by atoms with E-state index in [2.05, 4.69) is 35.9 Å². The van der Waals surface area contributed by atoms with Crippen molar-refractivity contribution >= 4 is 11.6 Å². The molecule has 0 radical (unpaired) electrons. The lowest BCUT2D eigenvalue weighted by atomic mass is 10.0. The molecule has 1 aliphatic carbocycles. The second kappa shape index (κ2) is 6.27. The van der Waals surface area contributed by atoms with Crippen LogP contribution in [-0.2, 0) is 13.0 Å². The van der Waals surface area contributed by atoms with Crippen molar-refractivity contribution in [3.8, 4) is 0 Å². The topological polar surface area (TPSA) is 29.9 Å². The van der Waals surface area contributed by atoms with Crippen molar-refractivity contribution in [3.63, 3.8) is 0 Å². The summed E-state index contributed by atoms with van der Waals surface area (Å²) in [5.74, 6) is 1.66. The van der Waals surface area contributed by atoms with Crippen LogP contribution in [0.15, 0.2) is 0 Å². The Morgan fingerprint density at radius 3 is 2.68 bits per heavy atom. The lowest BCUT2D eigenvalue weighted by molar-refractivity contribution is 0.430. The van der Waals surface area contributed by atoms with Crippen LogP contribution in [0.4, 0.5) is 0 Å². The smallest absolute Gasteiger partial charge is 0.0847 e. The van der Waals surface area contributed by atoms with Crippen molar-refractivity contribution < 1.29 is 0 Å². The summed E-state index contributed by atoms with van der Waals surface area (Å²) in [7, 11) is 0. The van der Waals surface area contributed by atoms with Crippen LogP contribution in [0.2, 0.25) is 5.02 Å². The third-order valence-corrected chi connectivity index (χ3v) is 4.70. The standard InChI is InChI=1S/C15H26ClN3/c1-5-7-17-13(12-8-10(12)3)9-14-15(16)11(4)18-19(14)6-2/h10,12-13,17H,5-9H2,1-4H3. The van der Waals surface area contributed by atoms with Crippen LogP contribution in [0.25, 0.3) is 0 Å². The Labute approximate surface area is 121 Å². The van der Waals surface area contributed by atoms with Crippen molar-refractivity contribution in [3.05, 3.63) is 16.4 Å². The molecule has 1 aromatic heterocycles. The molecule has 3 atom stereocenters. The maximum Gasteiger partial charge on any atom is 0.0847 e. The van der Waals surface area contributed by atoms with E-state index in [1.54, 1.807) is 0 Å². The normalized spacial score (nSPS) is 23.6. The Balaban J connectivity index is 2.12. The van der Waals surface area contributed by atoms with Gasteiger partial charge in [-0.15, -0.1) is 0 Å². The van der Waals surface area contributed by atoms with Gasteiger partial charge in [-0.25, -0.2) is 0 Å². The van der Waals surface area contributed by atoms with Gasteiger partial charge >= 0.3 is 0 Å². The fourth-order valence-electron chi connectivity index (χ4n) is 2.89. The number of aromatic nitrogens is 2. The molecule has 108 valence electrons. The molecule has 3 unspecified atom stereocenters. The molecule has 1 saturated carbocycles. The van der Waals surface area contributed by atoms with Crippen molar-refractivity contribution in [2.24, 2.45) is 11.8 Å². The SMILES string of the molecule is CCCNC(Cc1c(Cl)c(C)nn1CC)C1CC1C. The summed E-state index contributed by atoms with van der Waals surface area (Å²) in [5, 5.41) is 9.08. The van der Waals surface area contributed by atoms with E-state index in [-0.39, 0.29) is 0 Å². The van der Waals surface area contributed by atoms with Gasteiger partial charge in [0.05, 0.1) is 16.4 Å². The van der Waals surface area contributed by atoms with Gasteiger partial charge in [-0.2, -0.15) is 5.10 Å². The summed E-state index contributed by atoms with van der Waals surface area (Å²) in [6.45, 7) is 10.7. The van der Waals surface area contributed by atoms with Crippen LogP contribution in [0.3, 0.4) is 0 Å². The summed E-state index contributed by atoms with van der Waals surface area (Å²) in [4.78, 5) is 0. The van der Waals surface area contributed by atoms with Crippen LogP contribution in [0.1, 0.15) is 45.0 Å². The molecule has 1 fully saturated rings. The van der Waals surface area contributed by atoms with E-state index in [0.29, 0.717) is 6.04 Å². The zero-order valence-electron chi connectivity index (χ0n) is 12.5. The monoisotopic (exact) mass is 283 g/mol. The summed E-state index contributed by atoms with van der Waals surface area (Å²) in [6.07, 6.45) is 3.53. The molecule has 0 bridgehead atoms. The quantitative estimate of drug-likeness (QED) is 0.831. The van der Waals surface area contributed by atoms with Gasteiger partial charge in [0.25, 0.3) is 0 Å². The fourth-order valence-corrected chi connectivity index (χ4v) is 3.10. The Morgan fingerprint density at radius 1 is 1.47 bits per heavy atom. The molecule has 2 rings (SSSR count). The van der Waals surface area contributed by atoms with Gasteiger partial charge in [-0.1, -0.05) is 25.4 Å². The molecule has 3 nitrogen and oxygen atoms in total. The molecular weight excluding hydrogens is 258 g/mol. The largest absolute Gasteiger partial charge is 0.313 e. The summed E-state index contributed by atoms with van der Waals surface area (Å²) < 4.78 is 2.06. The predicted octanol–water partition coefficient (Wildman–Crippen LogP) is 3.43. The average molecular weight is 284 g/mol. The molecule has 4 heteroatoms. The van der Waals surface area contributed by atoms with Crippen LogP contribution in [-0.4, -0.2) is 22.4 Å². The minimum absolute atomic E-state index is 0.550. The van der Waals surface area contributed by atoms with E-state index in [1.165, 1.54) is 18.5 Å². The van der Waals surface area contributed by atoms with E-state index in [1.807, 2.05) is 6.92 Å². The highest BCUT2D eigenvalue weighted by Crippen LogP contribution is 2.42. The lowest BCUT2D eigenvalue weighted by Crippen LogP contribution is -2.35. The van der Waals surface area contributed by atoms with Crippen LogP contribution in [0, 0.1) is 18.8 Å². The van der Waals surface area contributed by atoms with Crippen molar-refractivity contribution in [1.82, 2.24) is 15.1 Å². The minimum atomic E-state index is 0.550. The zero-order valence-corrected chi connectivity index (χ0v) is 13.3. The summed E-state index contributed by atoms with van der Waals surface area (Å²) in [5.41, 5.74) is 2.16. The van der Waals surface area contributed by atoms with E-state index in [9.17, 15) is 0 Å². The van der Waals surface area contributed by atoms with Gasteiger partial charge < -0.3 is 5.32 Å². The zero-order chi connectivity index (χ0) is 14.0. The average Bonchev–Trinajstić information content (AvgIpc) is 3.06. The molecule has 0 aliphatic heterocycles. The Kier molecular flexibility index (Phi) is 4.91. The maximum absolute atomic E-state index is 6.42. The third kappa shape index (κ3) is 3.32. The number of halogens is 1. The first-order valence-electron chi connectivity index (χ1n) is 7.53. The summed E-state index contributed by atoms with van der Waals surface area (Å²) in [6, 6.07) is 0.550. The molecule has 0 amide bonds. The number of hydrogen-bond donors (Lipinski definition) is 1. The first kappa shape index (κ1) is 14.9. The Bertz CT molecular complexity index is 427. The van der Waals surface area contributed by atoms with Gasteiger partial charge in [0.15, 0.2) is 0 Å². The molecule has 1 aromatic rings. The first-order chi connectivity index (χ1) is 9.08. The first-order valence-corrected chi connectivity index (χ1v) is 7.91. The molecule has 1 N–H and O–H groups in total. The fraction of sp³-hybridized carbons (Fsp3) is 0.800. The highest BCUT2D eigenvalue weighted by atomic mass is 35.5. The molecule has 0 aromatic carbocycles. The van der Waals surface area contributed by atoms with Gasteiger partial charge in [0, 0.05) is 19.0 Å². The van der Waals surface area contributed by atoms with Gasteiger partial charge in [-0.3, -0.25) is 4.68 Å². The van der Waals surface area contributed by atoms with Crippen molar-refractivity contribution in [2.45, 2.75) is 59.5 Å². The predicted molar refractivity (Wildman–Crippen MR) is 80.7 cm³/mol. The molecule has 19 heavy (non-hydrogen) atoms. The summed E-state index contributed by atoms with van der Waals surface area (Å²) >= 11 is 6.42. The van der Waals surface area contributed by atoms with Crippen LogP contribution >= 0.6 is 11.6 Å². The molecule has 0 spiro atoms. The van der Waals surface area contributed by atoms with Crippen LogP contribution < -0.4 is 5.32 Å². The van der Waals surface area contributed by atoms with Gasteiger partial charge in [0.2, 0.25) is 0 Å². The lowest BCUT2D eigenvalue weighted by Gasteiger charge is -2.19. The highest BCUT2D eigenvalue weighted by Gasteiger charge is 2.39. The van der Waals surface area contributed by atoms with Crippen molar-refractivity contribution in [1.29, 1.82) is 0 Å². The highest BCUT2D eigenvalue weighted by molar-refractivity contribution is 6.31. The van der Waals surface area contributed by atoms with Crippen molar-refractivity contribution in [2.75, 3.05) is 6.54 Å². The second-order valence-corrected chi connectivity index (χ2v) is 6.18. The maximum atomic E-state index is 6.42. The third-order valence-electron chi connectivity index (χ3n) is 4.21. The number of hydrogen-bond acceptors (Lipinski definition) is 2. The van der Waals surface area contributed by atoms with Gasteiger partial charge in [0.1, 0.15) is 0 Å². The Morgan fingerprint density at radius 2 is 2.16 bits per heavy atom. The molecule has 1 heterocycles. The van der Waals surface area contributed by atoms with E-state index >= 15 is 0 Å². The van der Waals surface area contributed by atoms with E-state index in [0.717, 1.165) is 42.1 Å². The molecule has 1 aliphatic rings. The number of rotatable bonds is 7. The minimum Gasteiger partial charge on any atom is -0.313 e. The molecular formula is C15H26ClN3. The van der Waals surface area contributed by atoms with Gasteiger partial charge in [-0.05, 0) is 45.1 Å². The second-order valence-electron chi connectivity index (χ2n) is 5.80. The van der Waals surface area contributed by atoms with E-state index in [4.69, 9.17) is 11.6 Å². The number of aryl methyl sites for hydroxylation is 2.